The van der Waals surface area contributed by atoms with Crippen molar-refractivity contribution in [1.82, 2.24) is 0 Å². The third-order valence-electron chi connectivity index (χ3n) is 6.00. The van der Waals surface area contributed by atoms with Gasteiger partial charge in [0, 0.05) is 5.92 Å². The summed E-state index contributed by atoms with van der Waals surface area (Å²) in [5, 5.41) is 3.15. The number of carbonyl (C=O) groups is 1. The molecule has 2 atom stereocenters. The summed E-state index contributed by atoms with van der Waals surface area (Å²) >= 11 is 0. The molecule has 0 radical (unpaired) electrons. The highest BCUT2D eigenvalue weighted by molar-refractivity contribution is 7.04. The fourth-order valence-corrected chi connectivity index (χ4v) is 10.4. The zero-order valence-corrected chi connectivity index (χ0v) is 17.4. The average molecular weight is 363 g/mol. The molecule has 0 unspecified atom stereocenters. The summed E-state index contributed by atoms with van der Waals surface area (Å²) in [6.07, 6.45) is 4.68. The molecule has 0 N–H and O–H groups in total. The molecule has 26 heavy (non-hydrogen) atoms. The maximum Gasteiger partial charge on any atom is 0.158 e. The molecule has 1 fully saturated rings. The molecular formula is C24H30OSi. The Morgan fingerprint density at radius 1 is 1.00 bits per heavy atom. The van der Waals surface area contributed by atoms with Gasteiger partial charge in [0.1, 0.15) is 8.07 Å². The van der Waals surface area contributed by atoms with Crippen LogP contribution >= 0.6 is 0 Å². The first-order valence-electron chi connectivity index (χ1n) is 9.68. The molecule has 136 valence electrons. The van der Waals surface area contributed by atoms with Crippen LogP contribution in [0.5, 0.6) is 0 Å². The molecule has 1 aliphatic carbocycles. The summed E-state index contributed by atoms with van der Waals surface area (Å²) < 4.78 is 0. The van der Waals surface area contributed by atoms with Gasteiger partial charge in [-0.2, -0.15) is 0 Å². The second-order valence-corrected chi connectivity index (χ2v) is 13.5. The number of hydrogen-bond acceptors (Lipinski definition) is 1. The Morgan fingerprint density at radius 2 is 1.50 bits per heavy atom. The third kappa shape index (κ3) is 3.48. The molecular weight excluding hydrogens is 332 g/mol. The molecule has 0 saturated heterocycles. The van der Waals surface area contributed by atoms with Crippen molar-refractivity contribution in [2.75, 3.05) is 0 Å². The van der Waals surface area contributed by atoms with Crippen LogP contribution < -0.4 is 10.4 Å². The summed E-state index contributed by atoms with van der Waals surface area (Å²) in [7, 11) is -2.04. The summed E-state index contributed by atoms with van der Waals surface area (Å²) in [5.41, 5.74) is 0. The molecule has 1 aliphatic rings. The highest BCUT2D eigenvalue weighted by atomic mass is 28.3. The second-order valence-electron chi connectivity index (χ2n) is 8.60. The molecule has 0 spiro atoms. The highest BCUT2D eigenvalue weighted by Crippen LogP contribution is 2.50. The molecule has 0 amide bonds. The van der Waals surface area contributed by atoms with Crippen molar-refractivity contribution in [1.29, 1.82) is 0 Å². The fraction of sp³-hybridized carbons (Fsp3) is 0.375. The van der Waals surface area contributed by atoms with Crippen molar-refractivity contribution in [2.45, 2.75) is 45.2 Å². The lowest BCUT2D eigenvalue weighted by Gasteiger charge is -2.44. The van der Waals surface area contributed by atoms with E-state index in [9.17, 15) is 4.79 Å². The Kier molecular flexibility index (Phi) is 5.33. The number of ketones is 1. The van der Waals surface area contributed by atoms with Crippen LogP contribution in [0.1, 0.15) is 34.1 Å². The lowest BCUT2D eigenvalue weighted by atomic mass is 10.2. The molecule has 2 aromatic carbocycles. The maximum absolute atomic E-state index is 12.4. The highest BCUT2D eigenvalue weighted by Gasteiger charge is 2.54. The summed E-state index contributed by atoms with van der Waals surface area (Å²) in [6, 6.07) is 23.3. The number of benzene rings is 2. The van der Waals surface area contributed by atoms with Crippen molar-refractivity contribution in [3.8, 4) is 0 Å². The maximum atomic E-state index is 12.4. The normalized spacial score (nSPS) is 20.3. The van der Waals surface area contributed by atoms with Gasteiger partial charge in [-0.3, -0.25) is 4.79 Å². The van der Waals surface area contributed by atoms with Gasteiger partial charge in [0.25, 0.3) is 0 Å². The fourth-order valence-electron chi connectivity index (χ4n) is 4.52. The predicted molar refractivity (Wildman–Crippen MR) is 114 cm³/mol. The molecule has 0 heterocycles. The quantitative estimate of drug-likeness (QED) is 0.531. The van der Waals surface area contributed by atoms with Crippen molar-refractivity contribution < 1.29 is 4.79 Å². The predicted octanol–water partition coefficient (Wildman–Crippen LogP) is 4.83. The minimum absolute atomic E-state index is 0.173. The van der Waals surface area contributed by atoms with Crippen molar-refractivity contribution in [3.63, 3.8) is 0 Å². The number of hydrogen-bond donors (Lipinski definition) is 0. The van der Waals surface area contributed by atoms with E-state index in [4.69, 9.17) is 0 Å². The molecule has 0 bridgehead atoms. The van der Waals surface area contributed by atoms with Crippen LogP contribution in [-0.4, -0.2) is 13.9 Å². The van der Waals surface area contributed by atoms with Gasteiger partial charge in [0.05, 0.1) is 0 Å². The Labute approximate surface area is 159 Å². The topological polar surface area (TPSA) is 17.1 Å². The Hall–Kier alpha value is -1.93. The van der Waals surface area contributed by atoms with Crippen molar-refractivity contribution in [3.05, 3.63) is 72.8 Å². The second kappa shape index (κ2) is 7.36. The van der Waals surface area contributed by atoms with Crippen LogP contribution in [-0.2, 0) is 4.79 Å². The SMILES string of the molecule is C/C=C/C(=O)[C@H]1C[C@@H]1C[Si](c1ccccc1)(c1ccccc1)C(C)(C)C. The number of allylic oxidation sites excluding steroid dienone is 2. The monoisotopic (exact) mass is 362 g/mol. The summed E-state index contributed by atoms with van der Waals surface area (Å²) in [5.74, 6) is 1.06. The molecule has 3 rings (SSSR count). The van der Waals surface area contributed by atoms with Gasteiger partial charge in [-0.25, -0.2) is 0 Å². The van der Waals surface area contributed by atoms with Crippen LogP contribution in [0.4, 0.5) is 0 Å². The lowest BCUT2D eigenvalue weighted by Crippen LogP contribution is -2.64. The van der Waals surface area contributed by atoms with Crippen molar-refractivity contribution >= 4 is 24.2 Å². The van der Waals surface area contributed by atoms with Gasteiger partial charge < -0.3 is 0 Å². The molecule has 0 aromatic heterocycles. The lowest BCUT2D eigenvalue weighted by molar-refractivity contribution is -0.115. The molecule has 2 aromatic rings. The molecule has 0 aliphatic heterocycles. The van der Waals surface area contributed by atoms with E-state index in [1.54, 1.807) is 6.08 Å². The van der Waals surface area contributed by atoms with Crippen LogP contribution in [0.3, 0.4) is 0 Å². The summed E-state index contributed by atoms with van der Waals surface area (Å²) in [4.78, 5) is 12.4. The zero-order chi connectivity index (χ0) is 18.8. The third-order valence-corrected chi connectivity index (χ3v) is 12.3. The largest absolute Gasteiger partial charge is 0.295 e. The first-order chi connectivity index (χ1) is 12.4. The smallest absolute Gasteiger partial charge is 0.158 e. The van der Waals surface area contributed by atoms with Crippen LogP contribution in [0.2, 0.25) is 11.1 Å². The van der Waals surface area contributed by atoms with Crippen LogP contribution in [0.15, 0.2) is 72.8 Å². The molecule has 1 nitrogen and oxygen atoms in total. The number of carbonyl (C=O) groups excluding carboxylic acids is 1. The Morgan fingerprint density at radius 3 is 1.92 bits per heavy atom. The number of rotatable bonds is 6. The van der Waals surface area contributed by atoms with E-state index in [0.29, 0.717) is 11.7 Å². The van der Waals surface area contributed by atoms with Gasteiger partial charge >= 0.3 is 0 Å². The standard InChI is InChI=1S/C24H30OSi/c1-5-12-23(25)22-17-19(22)18-26(24(2,3)4,20-13-8-6-9-14-20)21-15-10-7-11-16-21/h5-16,19,22H,17-18H2,1-4H3/b12-5+/t19-,22+/m1/s1. The van der Waals surface area contributed by atoms with Crippen molar-refractivity contribution in [2.24, 2.45) is 11.8 Å². The summed E-state index contributed by atoms with van der Waals surface area (Å²) in [6.45, 7) is 9.11. The van der Waals surface area contributed by atoms with E-state index in [1.807, 2.05) is 13.0 Å². The van der Waals surface area contributed by atoms with Crippen LogP contribution in [0.25, 0.3) is 0 Å². The van der Waals surface area contributed by atoms with E-state index in [0.717, 1.165) is 12.5 Å². The van der Waals surface area contributed by atoms with E-state index < -0.39 is 8.07 Å². The molecule has 1 saturated carbocycles. The van der Waals surface area contributed by atoms with E-state index in [-0.39, 0.29) is 11.0 Å². The van der Waals surface area contributed by atoms with Gasteiger partial charge in [0.15, 0.2) is 5.78 Å². The van der Waals surface area contributed by atoms with E-state index in [2.05, 4.69) is 81.4 Å². The van der Waals surface area contributed by atoms with Gasteiger partial charge in [-0.15, -0.1) is 0 Å². The Balaban J connectivity index is 2.06. The minimum atomic E-state index is -2.04. The Bertz CT molecular complexity index is 731. The first kappa shape index (κ1) is 18.8. The van der Waals surface area contributed by atoms with E-state index >= 15 is 0 Å². The average Bonchev–Trinajstić information content (AvgIpc) is 3.40. The van der Waals surface area contributed by atoms with E-state index in [1.165, 1.54) is 10.4 Å². The van der Waals surface area contributed by atoms with Gasteiger partial charge in [-0.1, -0.05) is 97.9 Å². The van der Waals surface area contributed by atoms with Gasteiger partial charge in [-0.05, 0) is 36.4 Å². The zero-order valence-electron chi connectivity index (χ0n) is 16.4. The minimum Gasteiger partial charge on any atom is -0.295 e. The molecule has 2 heteroatoms. The first-order valence-corrected chi connectivity index (χ1v) is 11.9. The van der Waals surface area contributed by atoms with Gasteiger partial charge in [0.2, 0.25) is 0 Å². The van der Waals surface area contributed by atoms with Crippen LogP contribution in [0, 0.1) is 11.8 Å².